The van der Waals surface area contributed by atoms with E-state index in [2.05, 4.69) is 27.7 Å². The van der Waals surface area contributed by atoms with E-state index in [1.165, 1.54) is 308 Å². The number of unbranched alkanes of at least 4 members (excludes halogenated alkanes) is 60. The smallest absolute Gasteiger partial charge is 0.361 e. The van der Waals surface area contributed by atoms with Gasteiger partial charge in [0.25, 0.3) is 0 Å². The minimum atomic E-state index is -4.12. The topological polar surface area (TPSA) is 179 Å². The summed E-state index contributed by atoms with van der Waals surface area (Å²) in [5, 5.41) is 1.39. The van der Waals surface area contributed by atoms with Crippen molar-refractivity contribution in [2.45, 2.75) is 520 Å². The Labute approximate surface area is 834 Å². The summed E-state index contributed by atoms with van der Waals surface area (Å²) >= 11 is 0. The molecule has 8 bridgehead atoms. The third kappa shape index (κ3) is 50.5. The summed E-state index contributed by atoms with van der Waals surface area (Å²) < 4.78 is 146. The van der Waals surface area contributed by atoms with Gasteiger partial charge in [-0.3, -0.25) is 18.3 Å². The van der Waals surface area contributed by atoms with E-state index in [0.29, 0.717) is 115 Å². The Morgan fingerprint density at radius 1 is 0.162 bits per heavy atom. The molecule has 0 spiro atoms. The third-order valence-electron chi connectivity index (χ3n) is 27.1. The van der Waals surface area contributed by atoms with Crippen LogP contribution in [0.25, 0.3) is 0 Å². The van der Waals surface area contributed by atoms with E-state index in [1.54, 1.807) is 0 Å². The fraction of sp³-hybridized carbons (Fsp3) is 0.793. The Balaban J connectivity index is 1.80. The number of ether oxygens (including phenoxy) is 4. The summed E-state index contributed by atoms with van der Waals surface area (Å²) in [6, 6.07) is 15.5. The number of fused-ring (bicyclic) bond motifs is 8. The lowest BCUT2D eigenvalue weighted by Crippen LogP contribution is -2.20. The highest BCUT2D eigenvalue weighted by atomic mass is 31.2. The third-order valence-corrected chi connectivity index (χ3v) is 35.4. The van der Waals surface area contributed by atoms with Crippen molar-refractivity contribution in [3.63, 3.8) is 0 Å². The molecule has 16 nitrogen and oxygen atoms in total. The van der Waals surface area contributed by atoms with Crippen molar-refractivity contribution in [1.82, 2.24) is 0 Å². The van der Waals surface area contributed by atoms with Gasteiger partial charge in [0.2, 0.25) is 0 Å². The van der Waals surface area contributed by atoms with Crippen molar-refractivity contribution in [3.8, 4) is 23.0 Å². The van der Waals surface area contributed by atoms with Gasteiger partial charge in [-0.15, -0.1) is 0 Å². The average Bonchev–Trinajstić information content (AvgIpc) is 0.754. The van der Waals surface area contributed by atoms with Gasteiger partial charge in [-0.2, -0.15) is 0 Å². The average molecular weight is 1980 g/mol. The molecule has 0 heterocycles. The molecule has 0 aliphatic heterocycles. The van der Waals surface area contributed by atoms with Crippen LogP contribution < -0.4 is 40.2 Å². The normalized spacial score (nSPS) is 12.7. The lowest BCUT2D eigenvalue weighted by atomic mass is 9.91. The van der Waals surface area contributed by atoms with E-state index in [1.807, 2.05) is 104 Å². The van der Waals surface area contributed by atoms with E-state index < -0.39 is 30.4 Å². The van der Waals surface area contributed by atoms with Gasteiger partial charge in [-0.05, 0) is 174 Å². The second kappa shape index (κ2) is 79.0. The first kappa shape index (κ1) is 123. The second-order valence-electron chi connectivity index (χ2n) is 39.0. The van der Waals surface area contributed by atoms with Crippen molar-refractivity contribution >= 4 is 51.6 Å². The highest BCUT2D eigenvalue weighted by molar-refractivity contribution is 7.63. The molecule has 5 rings (SSSR count). The van der Waals surface area contributed by atoms with Crippen molar-refractivity contribution in [2.75, 3.05) is 79.3 Å². The fourth-order valence-corrected chi connectivity index (χ4v) is 26.3. The lowest BCUT2D eigenvalue weighted by Gasteiger charge is -2.27. The highest BCUT2D eigenvalue weighted by Crippen LogP contribution is 2.54. The first-order valence-corrected chi connectivity index (χ1v) is 63.5. The van der Waals surface area contributed by atoms with Crippen LogP contribution in [0.15, 0.2) is 48.5 Å². The molecule has 1 aliphatic carbocycles. The Morgan fingerprint density at radius 3 is 0.368 bits per heavy atom. The monoisotopic (exact) mass is 1980 g/mol. The van der Waals surface area contributed by atoms with Crippen molar-refractivity contribution in [1.29, 1.82) is 0 Å². The van der Waals surface area contributed by atoms with E-state index >= 15 is 18.3 Å². The Hall–Kier alpha value is -3.32. The zero-order valence-electron chi connectivity index (χ0n) is 89.5. The molecule has 0 amide bonds. The van der Waals surface area contributed by atoms with Crippen LogP contribution in [0.1, 0.15) is 539 Å². The van der Waals surface area contributed by atoms with Crippen molar-refractivity contribution < 1.29 is 73.4 Å². The van der Waals surface area contributed by atoms with Crippen LogP contribution in [0.5, 0.6) is 23.0 Å². The van der Waals surface area contributed by atoms with Gasteiger partial charge >= 0.3 is 30.4 Å². The van der Waals surface area contributed by atoms with Crippen LogP contribution in [0.3, 0.4) is 0 Å². The number of hydrogen-bond acceptors (Lipinski definition) is 16. The maximum absolute atomic E-state index is 16.1. The maximum Gasteiger partial charge on any atom is 0.361 e. The van der Waals surface area contributed by atoms with Gasteiger partial charge in [0, 0.05) is 25.7 Å². The van der Waals surface area contributed by atoms with Crippen LogP contribution in [0, 0.1) is 0 Å². The van der Waals surface area contributed by atoms with Gasteiger partial charge in [0.15, 0.2) is 0 Å². The molecule has 0 fully saturated rings. The number of benzene rings is 4. The first-order valence-electron chi connectivity index (χ1n) is 57.3. The van der Waals surface area contributed by atoms with Crippen LogP contribution in [0.4, 0.5) is 0 Å². The molecule has 20 heteroatoms. The van der Waals surface area contributed by atoms with Crippen molar-refractivity contribution in [3.05, 3.63) is 93.0 Å². The van der Waals surface area contributed by atoms with Crippen LogP contribution in [-0.4, -0.2) is 79.3 Å². The van der Waals surface area contributed by atoms with E-state index in [-0.39, 0.29) is 78.5 Å². The summed E-state index contributed by atoms with van der Waals surface area (Å²) in [6.45, 7) is 26.3. The SMILES string of the molecule is CCCCCCCCCCCCCCCCCCOc1c2cc(P(=O)(OCC)OCC)cc1Cc1cc(P(=O)(OCC)OCC)cc(c1OCCCCCCCCCCCCCCCCCC)Cc1cc(P(=O)(OCC)OCC)cc(c1OCCCCCCCCCCCCCCCCCC)Cc1cc(P(=O)(OCC)OCC)cc(c1OCCCCCCCCCCCCCCCCCC)C2. The largest absolute Gasteiger partial charge is 0.493 e. The zero-order valence-corrected chi connectivity index (χ0v) is 93.1. The molecule has 0 saturated heterocycles. The molecule has 0 N–H and O–H groups in total. The quantitative estimate of drug-likeness (QED) is 0.0265. The Kier molecular flexibility index (Phi) is 71.6. The number of rotatable bonds is 92. The summed E-state index contributed by atoms with van der Waals surface area (Å²) in [7, 11) is -16.5. The van der Waals surface area contributed by atoms with Gasteiger partial charge < -0.3 is 55.1 Å². The molecule has 0 radical (unpaired) electrons. The van der Waals surface area contributed by atoms with E-state index in [0.717, 1.165) is 103 Å². The Bertz CT molecular complexity index is 3230. The minimum Gasteiger partial charge on any atom is -0.493 e. The zero-order chi connectivity index (χ0) is 97.9. The van der Waals surface area contributed by atoms with Crippen molar-refractivity contribution in [2.24, 2.45) is 0 Å². The molecule has 0 aromatic heterocycles. The minimum absolute atomic E-state index is 0.108. The number of hydrogen-bond donors (Lipinski definition) is 0. The summed E-state index contributed by atoms with van der Waals surface area (Å²) in [4.78, 5) is 0. The molecule has 136 heavy (non-hydrogen) atoms. The van der Waals surface area contributed by atoms with Crippen LogP contribution in [0.2, 0.25) is 0 Å². The summed E-state index contributed by atoms with van der Waals surface area (Å²) in [6.07, 6.45) is 79.8. The summed E-state index contributed by atoms with van der Waals surface area (Å²) in [5.74, 6) is 2.34. The molecule has 1 aliphatic rings. The fourth-order valence-electron chi connectivity index (χ4n) is 19.6. The van der Waals surface area contributed by atoms with Gasteiger partial charge in [0.1, 0.15) is 23.0 Å². The molecule has 784 valence electrons. The van der Waals surface area contributed by atoms with Crippen LogP contribution in [-0.2, 0) is 80.1 Å². The molecular formula is C116H204O16P4. The van der Waals surface area contributed by atoms with Crippen LogP contribution >= 0.6 is 30.4 Å². The summed E-state index contributed by atoms with van der Waals surface area (Å²) in [5.41, 5.74) is 5.42. The lowest BCUT2D eigenvalue weighted by molar-refractivity contribution is 0.229. The molecule has 4 aromatic rings. The predicted molar refractivity (Wildman–Crippen MR) is 579 cm³/mol. The van der Waals surface area contributed by atoms with Gasteiger partial charge in [-0.1, -0.05) is 413 Å². The second-order valence-corrected chi connectivity index (χ2v) is 47.1. The van der Waals surface area contributed by atoms with Gasteiger partial charge in [-0.25, -0.2) is 0 Å². The van der Waals surface area contributed by atoms with Gasteiger partial charge in [0.05, 0.1) is 101 Å². The first-order chi connectivity index (χ1) is 66.6. The van der Waals surface area contributed by atoms with E-state index in [4.69, 9.17) is 55.1 Å². The standard InChI is InChI=1S/C116H204O16P4/c1-13-25-29-33-37-41-45-49-53-57-61-65-69-73-77-81-85-121-113-101-89-103-95-110(134(118,127-19-7)128-20-8)97-105(114(103)122-86-82-78-74-70-66-62-58-54-50-46-42-38-34-30-26-14-2)91-107-99-112(136(120,131-23-11)132-24-12)100-108(116(107)124-88-84-80-76-72-68-64-60-56-52-48-44-40-36-32-28-16-4)92-106-98-111(135(119,129-21-9)130-22-10)96-104(90-102(113)94-109(93-101)133(117,125-17-5)126-18-6)115(106)123-87-83-79-75-71-67-63-59-55-51-47-43-39-35-31-27-15-3/h93-100H,13-92H2,1-12H3. The highest BCUT2D eigenvalue weighted by Gasteiger charge is 2.37. The molecule has 4 aromatic carbocycles. The predicted octanol–water partition coefficient (Wildman–Crippen LogP) is 36.5. The molecule has 0 saturated carbocycles. The molecular weight excluding hydrogens is 1770 g/mol. The molecule has 0 unspecified atom stereocenters. The van der Waals surface area contributed by atoms with E-state index in [9.17, 15) is 0 Å². The Morgan fingerprint density at radius 2 is 0.265 bits per heavy atom. The molecule has 0 atom stereocenters. The maximum atomic E-state index is 16.1.